The highest BCUT2D eigenvalue weighted by Crippen LogP contribution is 2.47. The van der Waals surface area contributed by atoms with E-state index in [4.69, 9.17) is 10.5 Å². The summed E-state index contributed by atoms with van der Waals surface area (Å²) in [5.41, 5.74) is -0.412. The van der Waals surface area contributed by atoms with Crippen molar-refractivity contribution in [3.05, 3.63) is 83.4 Å². The van der Waals surface area contributed by atoms with E-state index in [0.717, 1.165) is 18.2 Å². The fourth-order valence-corrected chi connectivity index (χ4v) is 5.40. The Kier molecular flexibility index (Phi) is 7.84. The molecule has 0 spiro atoms. The van der Waals surface area contributed by atoms with Crippen molar-refractivity contribution in [2.75, 3.05) is 25.0 Å². The minimum atomic E-state index is -5.40. The third-order valence-corrected chi connectivity index (χ3v) is 8.50. The van der Waals surface area contributed by atoms with Crippen LogP contribution >= 0.6 is 0 Å². The van der Waals surface area contributed by atoms with Crippen molar-refractivity contribution in [1.82, 2.24) is 20.6 Å². The summed E-state index contributed by atoms with van der Waals surface area (Å²) in [6, 6.07) is 11.0. The molecule has 0 bridgehead atoms. The molecule has 1 saturated heterocycles. The van der Waals surface area contributed by atoms with Gasteiger partial charge in [0.15, 0.2) is 0 Å². The number of hydrogen-bond donors (Lipinski definition) is 5. The first kappa shape index (κ1) is 31.8. The van der Waals surface area contributed by atoms with E-state index in [0.29, 0.717) is 23.9 Å². The zero-order chi connectivity index (χ0) is 33.7. The van der Waals surface area contributed by atoms with Crippen LogP contribution in [0.5, 0.6) is 5.75 Å². The lowest BCUT2D eigenvalue weighted by molar-refractivity contribution is -0.265. The Morgan fingerprint density at radius 1 is 1.15 bits per heavy atom. The van der Waals surface area contributed by atoms with E-state index in [1.54, 1.807) is 12.1 Å². The van der Waals surface area contributed by atoms with Crippen molar-refractivity contribution in [3.8, 4) is 17.0 Å². The number of amides is 3. The molecule has 0 saturated carbocycles. The number of benzene rings is 2. The van der Waals surface area contributed by atoms with Gasteiger partial charge in [0.2, 0.25) is 17.4 Å². The molecule has 11 nitrogen and oxygen atoms in total. The third kappa shape index (κ3) is 5.61. The number of hydrogen-bond acceptors (Lipinski definition) is 8. The molecular formula is C32H28F4N6O5. The molecule has 2 aromatic heterocycles. The summed E-state index contributed by atoms with van der Waals surface area (Å²) in [4.78, 5) is 46.8. The van der Waals surface area contributed by atoms with Gasteiger partial charge in [-0.15, -0.1) is 0 Å². The summed E-state index contributed by atoms with van der Waals surface area (Å²) < 4.78 is 63.7. The number of carbonyl (C=O) groups excluding carboxylic acids is 3. The molecule has 2 aromatic carbocycles. The molecule has 1 fully saturated rings. The molecule has 47 heavy (non-hydrogen) atoms. The average molecular weight is 653 g/mol. The van der Waals surface area contributed by atoms with Crippen LogP contribution in [0.3, 0.4) is 0 Å². The van der Waals surface area contributed by atoms with Crippen LogP contribution in [-0.2, 0) is 20.6 Å². The minimum absolute atomic E-state index is 0.0494. The number of aliphatic hydroxyl groups is 1. The first-order chi connectivity index (χ1) is 22.2. The number of nitrogens with one attached hydrogen (secondary N) is 3. The summed E-state index contributed by atoms with van der Waals surface area (Å²) in [7, 11) is 0. The monoisotopic (exact) mass is 652 g/mol. The zero-order valence-electron chi connectivity index (χ0n) is 24.7. The molecule has 4 heterocycles. The summed E-state index contributed by atoms with van der Waals surface area (Å²) in [6.07, 6.45) is -3.30. The van der Waals surface area contributed by atoms with Crippen molar-refractivity contribution in [1.29, 1.82) is 0 Å². The van der Waals surface area contributed by atoms with Crippen LogP contribution in [0.25, 0.3) is 22.2 Å². The molecular weight excluding hydrogens is 624 g/mol. The molecule has 6 rings (SSSR count). The quantitative estimate of drug-likeness (QED) is 0.181. The highest BCUT2D eigenvalue weighted by Gasteiger charge is 2.57. The smallest absolute Gasteiger partial charge is 0.424 e. The molecule has 0 unspecified atom stereocenters. The molecule has 2 aliphatic rings. The maximum absolute atomic E-state index is 14.8. The molecule has 0 aliphatic carbocycles. The van der Waals surface area contributed by atoms with Crippen molar-refractivity contribution >= 4 is 34.3 Å². The van der Waals surface area contributed by atoms with Crippen LogP contribution in [0.4, 0.5) is 23.2 Å². The normalized spacial score (nSPS) is 20.0. The standard InChI is InChI=1S/C32H28F4N6O5/c1-30(29(37)45)15-47-26-20(30)13-23(42-25(26)16-4-6-19(33)7-5-16)31(46,32(34,35)36)14-40-27(43)18-11-17-3-2-9-39-24(17)22(12-18)41-28(44)21-8-10-38-21/h2-7,9,11-13,21,38,46H,8,10,14-15H2,1H3,(H2,37,45)(H,40,43)(H,41,44)/t21-,30-,31-/m0/s1. The number of fused-ring (bicyclic) bond motifs is 2. The van der Waals surface area contributed by atoms with Crippen molar-refractivity contribution < 1.29 is 41.8 Å². The summed E-state index contributed by atoms with van der Waals surface area (Å²) >= 11 is 0. The lowest BCUT2D eigenvalue weighted by Gasteiger charge is -2.31. The number of ether oxygens (including phenoxy) is 1. The second-order valence-corrected chi connectivity index (χ2v) is 11.6. The number of alkyl halides is 3. The van der Waals surface area contributed by atoms with E-state index in [2.05, 4.69) is 25.9 Å². The Hall–Kier alpha value is -5.15. The van der Waals surface area contributed by atoms with Crippen molar-refractivity contribution in [2.24, 2.45) is 5.73 Å². The van der Waals surface area contributed by atoms with Gasteiger partial charge in [-0.05, 0) is 68.4 Å². The number of anilines is 1. The lowest BCUT2D eigenvalue weighted by Crippen LogP contribution is -2.52. The summed E-state index contributed by atoms with van der Waals surface area (Å²) in [6.45, 7) is 0.336. The number of nitrogens with two attached hydrogens (primary N) is 1. The van der Waals surface area contributed by atoms with E-state index in [9.17, 15) is 37.1 Å². The van der Waals surface area contributed by atoms with Gasteiger partial charge < -0.3 is 31.5 Å². The van der Waals surface area contributed by atoms with Gasteiger partial charge in [-0.25, -0.2) is 9.37 Å². The van der Waals surface area contributed by atoms with Crippen LogP contribution in [0.2, 0.25) is 0 Å². The maximum atomic E-state index is 14.8. The first-order valence-corrected chi connectivity index (χ1v) is 14.5. The number of aromatic nitrogens is 2. The van der Waals surface area contributed by atoms with Gasteiger partial charge in [0.25, 0.3) is 5.91 Å². The average Bonchev–Trinajstić information content (AvgIpc) is 3.36. The van der Waals surface area contributed by atoms with Gasteiger partial charge in [-0.3, -0.25) is 19.4 Å². The second-order valence-electron chi connectivity index (χ2n) is 11.6. The minimum Gasteiger partial charge on any atom is -0.489 e. The predicted molar refractivity (Wildman–Crippen MR) is 161 cm³/mol. The zero-order valence-corrected chi connectivity index (χ0v) is 24.7. The van der Waals surface area contributed by atoms with Gasteiger partial charge in [-0.1, -0.05) is 6.07 Å². The van der Waals surface area contributed by atoms with Crippen LogP contribution < -0.4 is 26.4 Å². The van der Waals surface area contributed by atoms with Crippen LogP contribution in [0.15, 0.2) is 60.8 Å². The molecule has 2 aliphatic heterocycles. The van der Waals surface area contributed by atoms with Crippen LogP contribution in [-0.4, -0.2) is 64.7 Å². The fraction of sp³-hybridized carbons (Fsp3) is 0.281. The summed E-state index contributed by atoms with van der Waals surface area (Å²) in [5.74, 6) is -2.93. The number of primary amides is 1. The van der Waals surface area contributed by atoms with E-state index in [1.807, 2.05) is 0 Å². The Balaban J connectivity index is 1.38. The largest absolute Gasteiger partial charge is 0.489 e. The SMILES string of the molecule is C[C@]1(C(N)=O)COc2c1cc([C@@](O)(CNC(=O)c1cc(NC(=O)[C@@H]3CCN3)c3ncccc3c1)C(F)(F)F)nc2-c1ccc(F)cc1. The van der Waals surface area contributed by atoms with Gasteiger partial charge in [-0.2, -0.15) is 13.2 Å². The number of carbonyl (C=O) groups is 3. The molecule has 3 amide bonds. The first-order valence-electron chi connectivity index (χ1n) is 14.5. The Labute approximate surface area is 264 Å². The topological polar surface area (TPSA) is 169 Å². The number of pyridine rings is 2. The molecule has 244 valence electrons. The highest BCUT2D eigenvalue weighted by atomic mass is 19.4. The number of nitrogens with zero attached hydrogens (tertiary/aromatic N) is 2. The van der Waals surface area contributed by atoms with Gasteiger partial charge in [0.1, 0.15) is 29.3 Å². The molecule has 0 radical (unpaired) electrons. The van der Waals surface area contributed by atoms with E-state index < -0.39 is 53.1 Å². The number of rotatable bonds is 8. The van der Waals surface area contributed by atoms with Crippen molar-refractivity contribution in [2.45, 2.75) is 36.6 Å². The Morgan fingerprint density at radius 2 is 1.87 bits per heavy atom. The van der Waals surface area contributed by atoms with Gasteiger partial charge in [0.05, 0.1) is 29.5 Å². The van der Waals surface area contributed by atoms with E-state index >= 15 is 0 Å². The molecule has 6 N–H and O–H groups in total. The lowest BCUT2D eigenvalue weighted by atomic mass is 9.81. The molecule has 3 atom stereocenters. The fourth-order valence-electron chi connectivity index (χ4n) is 5.40. The Morgan fingerprint density at radius 3 is 2.51 bits per heavy atom. The van der Waals surface area contributed by atoms with Gasteiger partial charge in [0, 0.05) is 28.3 Å². The van der Waals surface area contributed by atoms with Gasteiger partial charge >= 0.3 is 6.18 Å². The molecule has 4 aromatic rings. The molecule has 15 heteroatoms. The van der Waals surface area contributed by atoms with E-state index in [-0.39, 0.29) is 46.3 Å². The number of halogens is 4. The third-order valence-electron chi connectivity index (χ3n) is 8.50. The predicted octanol–water partition coefficient (Wildman–Crippen LogP) is 3.05. The van der Waals surface area contributed by atoms with E-state index in [1.165, 1.54) is 37.4 Å². The maximum Gasteiger partial charge on any atom is 0.424 e. The second kappa shape index (κ2) is 11.6. The van der Waals surface area contributed by atoms with Crippen LogP contribution in [0, 0.1) is 5.82 Å². The highest BCUT2D eigenvalue weighted by molar-refractivity contribution is 6.07. The Bertz CT molecular complexity index is 1920. The van der Waals surface area contributed by atoms with Crippen LogP contribution in [0.1, 0.15) is 35.0 Å². The summed E-state index contributed by atoms with van der Waals surface area (Å²) in [5, 5.41) is 19.6. The van der Waals surface area contributed by atoms with Crippen molar-refractivity contribution in [3.63, 3.8) is 0 Å².